The first-order chi connectivity index (χ1) is 6.83. The fraction of sp³-hybridized carbons (Fsp3) is 0.727. The lowest BCUT2D eigenvalue weighted by atomic mass is 10.2. The fourth-order valence-electron chi connectivity index (χ4n) is 1.76. The number of hydrogen-bond donors (Lipinski definition) is 2. The van der Waals surface area contributed by atoms with Gasteiger partial charge in [0.1, 0.15) is 0 Å². The molecule has 0 aromatic carbocycles. The first kappa shape index (κ1) is 14.3. The second-order valence-corrected chi connectivity index (χ2v) is 3.67. The highest BCUT2D eigenvalue weighted by atomic mass is 35.5. The average molecular weight is 231 g/mol. The summed E-state index contributed by atoms with van der Waals surface area (Å²) in [7, 11) is 0. The highest BCUT2D eigenvalue weighted by Crippen LogP contribution is 2.17. The molecule has 0 aromatic rings. The molecule has 0 radical (unpaired) electrons. The van der Waals surface area contributed by atoms with Gasteiger partial charge in [-0.2, -0.15) is 0 Å². The molecular formula is C11H19ClN2O. The number of hydrogen-bond acceptors (Lipinski definition) is 2. The Morgan fingerprint density at radius 2 is 2.07 bits per heavy atom. The molecular weight excluding hydrogens is 212 g/mol. The monoisotopic (exact) mass is 230 g/mol. The van der Waals surface area contributed by atoms with E-state index in [9.17, 15) is 4.79 Å². The summed E-state index contributed by atoms with van der Waals surface area (Å²) in [6.45, 7) is 1.10. The molecule has 0 aromatic heterocycles. The van der Waals surface area contributed by atoms with Crippen LogP contribution < -0.4 is 10.6 Å². The lowest BCUT2D eigenvalue weighted by molar-refractivity contribution is -0.120. The van der Waals surface area contributed by atoms with E-state index in [2.05, 4.69) is 16.6 Å². The summed E-state index contributed by atoms with van der Waals surface area (Å²) in [4.78, 5) is 11.1. The molecule has 0 spiro atoms. The van der Waals surface area contributed by atoms with Crippen LogP contribution in [0.4, 0.5) is 0 Å². The smallest absolute Gasteiger partial charge is 0.222 e. The van der Waals surface area contributed by atoms with Crippen LogP contribution in [0.5, 0.6) is 0 Å². The van der Waals surface area contributed by atoms with Gasteiger partial charge < -0.3 is 10.6 Å². The van der Waals surface area contributed by atoms with Crippen LogP contribution in [0, 0.1) is 12.3 Å². The van der Waals surface area contributed by atoms with Gasteiger partial charge in [-0.3, -0.25) is 4.79 Å². The molecule has 0 bridgehead atoms. The fourth-order valence-corrected chi connectivity index (χ4v) is 1.76. The molecule has 2 N–H and O–H groups in total. The van der Waals surface area contributed by atoms with E-state index in [4.69, 9.17) is 6.42 Å². The molecule has 0 unspecified atom stereocenters. The predicted octanol–water partition coefficient (Wildman–Crippen LogP) is 1.08. The third-order valence-electron chi connectivity index (χ3n) is 2.53. The maximum atomic E-state index is 11.1. The molecule has 0 heterocycles. The quantitative estimate of drug-likeness (QED) is 0.694. The van der Waals surface area contributed by atoms with Crippen molar-refractivity contribution in [2.75, 3.05) is 13.1 Å². The zero-order valence-electron chi connectivity index (χ0n) is 8.92. The van der Waals surface area contributed by atoms with Gasteiger partial charge in [0.25, 0.3) is 0 Å². The van der Waals surface area contributed by atoms with E-state index in [1.165, 1.54) is 25.7 Å². The summed E-state index contributed by atoms with van der Waals surface area (Å²) in [5.74, 6) is 2.41. The zero-order valence-corrected chi connectivity index (χ0v) is 9.74. The van der Waals surface area contributed by atoms with Crippen molar-refractivity contribution >= 4 is 18.3 Å². The van der Waals surface area contributed by atoms with E-state index in [0.717, 1.165) is 6.54 Å². The normalized spacial score (nSPS) is 15.4. The molecule has 3 nitrogen and oxygen atoms in total. The van der Waals surface area contributed by atoms with E-state index in [1.807, 2.05) is 0 Å². The summed E-state index contributed by atoms with van der Waals surface area (Å²) in [5, 5.41) is 6.02. The van der Waals surface area contributed by atoms with Crippen LogP contribution in [0.1, 0.15) is 32.1 Å². The largest absolute Gasteiger partial charge is 0.345 e. The third kappa shape index (κ3) is 6.38. The minimum absolute atomic E-state index is 0. The first-order valence-electron chi connectivity index (χ1n) is 5.26. The maximum Gasteiger partial charge on any atom is 0.222 e. The van der Waals surface area contributed by atoms with Gasteiger partial charge in [0, 0.05) is 19.0 Å². The van der Waals surface area contributed by atoms with Crippen molar-refractivity contribution in [3.63, 3.8) is 0 Å². The molecule has 0 aliphatic heterocycles. The van der Waals surface area contributed by atoms with Crippen molar-refractivity contribution in [3.05, 3.63) is 0 Å². The van der Waals surface area contributed by atoms with Crippen molar-refractivity contribution in [2.45, 2.75) is 38.1 Å². The van der Waals surface area contributed by atoms with Crippen LogP contribution in [0.15, 0.2) is 0 Å². The Balaban J connectivity index is 0.00000196. The number of nitrogens with one attached hydrogen (secondary N) is 2. The lowest BCUT2D eigenvalue weighted by Crippen LogP contribution is -2.32. The van der Waals surface area contributed by atoms with Crippen molar-refractivity contribution in [1.82, 2.24) is 10.6 Å². The standard InChI is InChI=1S/C11H18N2O.ClH/c1-2-8-13-11(14)7-9-12-10-5-3-4-6-10;/h1,10,12H,3-9H2,(H,13,14);1H. The van der Waals surface area contributed by atoms with Crippen LogP contribution in [0.2, 0.25) is 0 Å². The molecule has 0 atom stereocenters. The summed E-state index contributed by atoms with van der Waals surface area (Å²) in [6.07, 6.45) is 10.7. The SMILES string of the molecule is C#CCNC(=O)CCNC1CCCC1.Cl. The van der Waals surface area contributed by atoms with Crippen LogP contribution in [0.3, 0.4) is 0 Å². The van der Waals surface area contributed by atoms with Gasteiger partial charge >= 0.3 is 0 Å². The van der Waals surface area contributed by atoms with Gasteiger partial charge in [-0.1, -0.05) is 18.8 Å². The maximum absolute atomic E-state index is 11.1. The number of carbonyl (C=O) groups is 1. The van der Waals surface area contributed by atoms with E-state index in [0.29, 0.717) is 19.0 Å². The molecule has 1 fully saturated rings. The molecule has 1 rings (SSSR count). The summed E-state index contributed by atoms with van der Waals surface area (Å²) < 4.78 is 0. The Bertz CT molecular complexity index is 219. The lowest BCUT2D eigenvalue weighted by Gasteiger charge is -2.10. The van der Waals surface area contributed by atoms with Crippen LogP contribution in [0.25, 0.3) is 0 Å². The van der Waals surface area contributed by atoms with Crippen LogP contribution in [-0.2, 0) is 4.79 Å². The second-order valence-electron chi connectivity index (χ2n) is 3.67. The Morgan fingerprint density at radius 1 is 1.40 bits per heavy atom. The minimum Gasteiger partial charge on any atom is -0.345 e. The van der Waals surface area contributed by atoms with Crippen LogP contribution >= 0.6 is 12.4 Å². The molecule has 1 aliphatic rings. The topological polar surface area (TPSA) is 41.1 Å². The molecule has 4 heteroatoms. The van der Waals surface area contributed by atoms with Crippen molar-refractivity contribution in [3.8, 4) is 12.3 Å². The summed E-state index contributed by atoms with van der Waals surface area (Å²) >= 11 is 0. The van der Waals surface area contributed by atoms with E-state index in [-0.39, 0.29) is 18.3 Å². The van der Waals surface area contributed by atoms with Crippen LogP contribution in [-0.4, -0.2) is 25.0 Å². The predicted molar refractivity (Wildman–Crippen MR) is 64.0 cm³/mol. The zero-order chi connectivity index (χ0) is 10.2. The van der Waals surface area contributed by atoms with Crippen molar-refractivity contribution in [2.24, 2.45) is 0 Å². The molecule has 1 aliphatic carbocycles. The van der Waals surface area contributed by atoms with Gasteiger partial charge in [0.05, 0.1) is 6.54 Å². The van der Waals surface area contributed by atoms with Gasteiger partial charge in [-0.05, 0) is 12.8 Å². The highest BCUT2D eigenvalue weighted by Gasteiger charge is 2.13. The summed E-state index contributed by atoms with van der Waals surface area (Å²) in [6, 6.07) is 0.635. The van der Waals surface area contributed by atoms with Crippen molar-refractivity contribution in [1.29, 1.82) is 0 Å². The number of carbonyl (C=O) groups excluding carboxylic acids is 1. The first-order valence-corrected chi connectivity index (χ1v) is 5.26. The van der Waals surface area contributed by atoms with E-state index in [1.54, 1.807) is 0 Å². The molecule has 1 saturated carbocycles. The molecule has 86 valence electrons. The molecule has 1 amide bonds. The van der Waals surface area contributed by atoms with Gasteiger partial charge in [0.15, 0.2) is 0 Å². The van der Waals surface area contributed by atoms with E-state index >= 15 is 0 Å². The highest BCUT2D eigenvalue weighted by molar-refractivity contribution is 5.85. The van der Waals surface area contributed by atoms with Gasteiger partial charge in [0.2, 0.25) is 5.91 Å². The number of rotatable bonds is 5. The minimum atomic E-state index is 0. The Hall–Kier alpha value is -0.720. The summed E-state index contributed by atoms with van der Waals surface area (Å²) in [5.41, 5.74) is 0. The van der Waals surface area contributed by atoms with Crippen molar-refractivity contribution < 1.29 is 4.79 Å². The number of halogens is 1. The Labute approximate surface area is 97.8 Å². The molecule has 0 saturated heterocycles. The number of terminal acetylenes is 1. The number of amides is 1. The Kier molecular flexibility index (Phi) is 8.17. The van der Waals surface area contributed by atoms with Gasteiger partial charge in [-0.15, -0.1) is 18.8 Å². The Morgan fingerprint density at radius 3 is 2.67 bits per heavy atom. The second kappa shape index (κ2) is 8.58. The van der Waals surface area contributed by atoms with E-state index < -0.39 is 0 Å². The third-order valence-corrected chi connectivity index (χ3v) is 2.53. The molecule has 15 heavy (non-hydrogen) atoms. The van der Waals surface area contributed by atoms with Gasteiger partial charge in [-0.25, -0.2) is 0 Å². The average Bonchev–Trinajstić information content (AvgIpc) is 2.67.